The molecule has 16 heavy (non-hydrogen) atoms. The quantitative estimate of drug-likeness (QED) is 0.703. The largest absolute Gasteiger partial charge is 0.378 e. The monoisotopic (exact) mass is 249 g/mol. The highest BCUT2D eigenvalue weighted by molar-refractivity contribution is 7.91. The van der Waals surface area contributed by atoms with Gasteiger partial charge in [-0.05, 0) is 6.42 Å². The molecule has 1 unspecified atom stereocenters. The lowest BCUT2D eigenvalue weighted by Gasteiger charge is -2.22. The summed E-state index contributed by atoms with van der Waals surface area (Å²) in [6.07, 6.45) is 0.716. The fourth-order valence-corrected chi connectivity index (χ4v) is 2.43. The van der Waals surface area contributed by atoms with Crippen LogP contribution < -0.4 is 5.32 Å². The summed E-state index contributed by atoms with van der Waals surface area (Å²) in [6, 6.07) is -0.252. The van der Waals surface area contributed by atoms with Crippen molar-refractivity contribution in [2.24, 2.45) is 0 Å². The molecule has 1 fully saturated rings. The Labute approximate surface area is 96.5 Å². The number of hydrogen-bond donors (Lipinski definition) is 1. The van der Waals surface area contributed by atoms with Crippen LogP contribution in [0.5, 0.6) is 0 Å². The summed E-state index contributed by atoms with van der Waals surface area (Å²) in [5.74, 6) is 0.292. The van der Waals surface area contributed by atoms with E-state index in [-0.39, 0.29) is 23.3 Å². The standard InChI is InChI=1S/C10H19NO4S/c1-2-16(13,14)7-3-4-10(12)9-8-15-6-5-11-9/h9,11H,2-8H2,1H3. The highest BCUT2D eigenvalue weighted by atomic mass is 32.2. The van der Waals surface area contributed by atoms with Gasteiger partial charge in [0.2, 0.25) is 0 Å². The summed E-state index contributed by atoms with van der Waals surface area (Å²) in [4.78, 5) is 11.6. The van der Waals surface area contributed by atoms with Crippen molar-refractivity contribution >= 4 is 15.6 Å². The number of morpholine rings is 1. The lowest BCUT2D eigenvalue weighted by molar-refractivity contribution is -0.123. The van der Waals surface area contributed by atoms with Crippen molar-refractivity contribution in [2.45, 2.75) is 25.8 Å². The van der Waals surface area contributed by atoms with Crippen LogP contribution in [0.3, 0.4) is 0 Å². The number of carbonyl (C=O) groups excluding carboxylic acids is 1. The summed E-state index contributed by atoms with van der Waals surface area (Å²) in [5, 5.41) is 3.06. The molecule has 0 aromatic rings. The molecule has 1 saturated heterocycles. The predicted molar refractivity (Wildman–Crippen MR) is 61.2 cm³/mol. The number of carbonyl (C=O) groups is 1. The number of hydrogen-bond acceptors (Lipinski definition) is 5. The fourth-order valence-electron chi connectivity index (χ4n) is 1.56. The van der Waals surface area contributed by atoms with Crippen LogP contribution in [0, 0.1) is 0 Å². The van der Waals surface area contributed by atoms with Gasteiger partial charge in [-0.15, -0.1) is 0 Å². The van der Waals surface area contributed by atoms with Crippen LogP contribution in [0.15, 0.2) is 0 Å². The Bertz CT molecular complexity index is 320. The van der Waals surface area contributed by atoms with Gasteiger partial charge in [0, 0.05) is 18.7 Å². The number of Topliss-reactive ketones (excluding diaryl/α,β-unsaturated/α-hetero) is 1. The number of ketones is 1. The molecule has 0 spiro atoms. The molecule has 1 N–H and O–H groups in total. The van der Waals surface area contributed by atoms with Gasteiger partial charge in [0.05, 0.1) is 25.0 Å². The topological polar surface area (TPSA) is 72.5 Å². The van der Waals surface area contributed by atoms with Crippen LogP contribution in [-0.2, 0) is 19.4 Å². The van der Waals surface area contributed by atoms with E-state index in [1.165, 1.54) is 0 Å². The molecule has 94 valence electrons. The summed E-state index contributed by atoms with van der Waals surface area (Å²) in [7, 11) is -2.95. The van der Waals surface area contributed by atoms with Gasteiger partial charge in [0.1, 0.15) is 9.84 Å². The highest BCUT2D eigenvalue weighted by Crippen LogP contribution is 2.03. The van der Waals surface area contributed by atoms with Gasteiger partial charge in [-0.25, -0.2) is 8.42 Å². The van der Waals surface area contributed by atoms with Crippen molar-refractivity contribution in [2.75, 3.05) is 31.3 Å². The molecule has 1 aliphatic rings. The van der Waals surface area contributed by atoms with Crippen molar-refractivity contribution in [3.05, 3.63) is 0 Å². The zero-order valence-corrected chi connectivity index (χ0v) is 10.4. The highest BCUT2D eigenvalue weighted by Gasteiger charge is 2.21. The maximum atomic E-state index is 11.6. The Kier molecular flexibility index (Phi) is 5.37. The molecule has 1 rings (SSSR count). The Morgan fingerprint density at radius 1 is 1.50 bits per heavy atom. The summed E-state index contributed by atoms with van der Waals surface area (Å²) >= 11 is 0. The van der Waals surface area contributed by atoms with Crippen molar-refractivity contribution < 1.29 is 17.9 Å². The maximum Gasteiger partial charge on any atom is 0.152 e. The number of nitrogens with one attached hydrogen (secondary N) is 1. The number of ether oxygens (including phenoxy) is 1. The molecule has 0 amide bonds. The molecule has 0 bridgehead atoms. The first-order valence-electron chi connectivity index (χ1n) is 5.59. The van der Waals surface area contributed by atoms with Crippen LogP contribution in [0.1, 0.15) is 19.8 Å². The first-order chi connectivity index (χ1) is 7.55. The number of sulfone groups is 1. The van der Waals surface area contributed by atoms with Gasteiger partial charge in [-0.2, -0.15) is 0 Å². The van der Waals surface area contributed by atoms with E-state index in [2.05, 4.69) is 5.32 Å². The second kappa shape index (κ2) is 6.32. The zero-order chi connectivity index (χ0) is 12.0. The van der Waals surface area contributed by atoms with Crippen LogP contribution >= 0.6 is 0 Å². The molecule has 0 radical (unpaired) electrons. The SMILES string of the molecule is CCS(=O)(=O)CCCC(=O)C1COCCN1. The molecule has 1 atom stereocenters. The maximum absolute atomic E-state index is 11.6. The fraction of sp³-hybridized carbons (Fsp3) is 0.900. The molecule has 0 aromatic carbocycles. The average molecular weight is 249 g/mol. The molecule has 0 aromatic heterocycles. The van der Waals surface area contributed by atoms with Crippen LogP contribution in [-0.4, -0.2) is 51.5 Å². The minimum absolute atomic E-state index is 0.0472. The first kappa shape index (κ1) is 13.6. The third kappa shape index (κ3) is 4.59. The van der Waals surface area contributed by atoms with E-state index < -0.39 is 9.84 Å². The average Bonchev–Trinajstić information content (AvgIpc) is 2.30. The van der Waals surface area contributed by atoms with Crippen molar-refractivity contribution in [3.8, 4) is 0 Å². The second-order valence-corrected chi connectivity index (χ2v) is 6.36. The van der Waals surface area contributed by atoms with Crippen LogP contribution in [0.2, 0.25) is 0 Å². The molecule has 0 saturated carbocycles. The van der Waals surface area contributed by atoms with Crippen molar-refractivity contribution in [1.29, 1.82) is 0 Å². The van der Waals surface area contributed by atoms with E-state index in [1.54, 1.807) is 6.92 Å². The molecule has 0 aliphatic carbocycles. The normalized spacial score (nSPS) is 21.9. The van der Waals surface area contributed by atoms with E-state index in [0.29, 0.717) is 32.6 Å². The minimum Gasteiger partial charge on any atom is -0.378 e. The van der Waals surface area contributed by atoms with Gasteiger partial charge < -0.3 is 10.1 Å². The van der Waals surface area contributed by atoms with E-state index in [0.717, 1.165) is 0 Å². The first-order valence-corrected chi connectivity index (χ1v) is 7.41. The molecule has 1 aliphatic heterocycles. The Hall–Kier alpha value is -0.460. The predicted octanol–water partition coefficient (Wildman–Crippen LogP) is -0.241. The van der Waals surface area contributed by atoms with E-state index >= 15 is 0 Å². The lowest BCUT2D eigenvalue weighted by Crippen LogP contribution is -2.46. The van der Waals surface area contributed by atoms with Crippen molar-refractivity contribution in [1.82, 2.24) is 5.32 Å². The lowest BCUT2D eigenvalue weighted by atomic mass is 10.1. The van der Waals surface area contributed by atoms with Crippen molar-refractivity contribution in [3.63, 3.8) is 0 Å². The van der Waals surface area contributed by atoms with Gasteiger partial charge in [0.25, 0.3) is 0 Å². The summed E-state index contributed by atoms with van der Waals surface area (Å²) in [5.41, 5.74) is 0. The molecular formula is C10H19NO4S. The van der Waals surface area contributed by atoms with Gasteiger partial charge in [0.15, 0.2) is 5.78 Å². The minimum atomic E-state index is -2.95. The third-order valence-electron chi connectivity index (χ3n) is 2.63. The Morgan fingerprint density at radius 3 is 2.81 bits per heavy atom. The summed E-state index contributed by atoms with van der Waals surface area (Å²) in [6.45, 7) is 3.34. The molecule has 1 heterocycles. The van der Waals surface area contributed by atoms with Gasteiger partial charge in [-0.3, -0.25) is 4.79 Å². The smallest absolute Gasteiger partial charge is 0.152 e. The number of rotatable bonds is 6. The van der Waals surface area contributed by atoms with Gasteiger partial charge >= 0.3 is 0 Å². The molecular weight excluding hydrogens is 230 g/mol. The van der Waals surface area contributed by atoms with Gasteiger partial charge in [-0.1, -0.05) is 6.92 Å². The van der Waals surface area contributed by atoms with Crippen LogP contribution in [0.4, 0.5) is 0 Å². The third-order valence-corrected chi connectivity index (χ3v) is 4.42. The molecule has 5 nitrogen and oxygen atoms in total. The zero-order valence-electron chi connectivity index (χ0n) is 9.57. The van der Waals surface area contributed by atoms with E-state index in [1.807, 2.05) is 0 Å². The van der Waals surface area contributed by atoms with E-state index in [9.17, 15) is 13.2 Å². The second-order valence-electron chi connectivity index (χ2n) is 3.89. The Balaban J connectivity index is 2.24. The van der Waals surface area contributed by atoms with Crippen LogP contribution in [0.25, 0.3) is 0 Å². The summed E-state index contributed by atoms with van der Waals surface area (Å²) < 4.78 is 27.6. The van der Waals surface area contributed by atoms with E-state index in [4.69, 9.17) is 4.74 Å². The molecule has 6 heteroatoms. The Morgan fingerprint density at radius 2 is 2.25 bits per heavy atom.